The zero-order valence-corrected chi connectivity index (χ0v) is 8.59. The minimum absolute atomic E-state index is 0.101. The molecule has 14 heavy (non-hydrogen) atoms. The Morgan fingerprint density at radius 1 is 1.43 bits per heavy atom. The molecule has 0 amide bonds. The molecule has 1 aromatic rings. The van der Waals surface area contributed by atoms with Crippen LogP contribution in [-0.4, -0.2) is 10.8 Å². The third kappa shape index (κ3) is 1.97. The van der Waals surface area contributed by atoms with Gasteiger partial charge in [-0.2, -0.15) is 5.26 Å². The average Bonchev–Trinajstić information content (AvgIpc) is 2.11. The second kappa shape index (κ2) is 4.01. The normalized spacial score (nSPS) is 9.57. The van der Waals surface area contributed by atoms with E-state index >= 15 is 0 Å². The van der Waals surface area contributed by atoms with Crippen LogP contribution in [0.1, 0.15) is 33.7 Å². The predicted octanol–water partition coefficient (Wildman–Crippen LogP) is 2.10. The van der Waals surface area contributed by atoms with Crippen LogP contribution in [0, 0.1) is 32.1 Å². The first-order valence-electron chi connectivity index (χ1n) is 4.41. The van der Waals surface area contributed by atoms with Gasteiger partial charge in [0.15, 0.2) is 5.78 Å². The molecule has 0 unspecified atom stereocenters. The quantitative estimate of drug-likeness (QED) is 0.668. The number of Topliss-reactive ketones (excluding diaryl/α,β-unsaturated/α-hetero) is 1. The topological polar surface area (TPSA) is 53.8 Å². The summed E-state index contributed by atoms with van der Waals surface area (Å²) in [6, 6.07) is 3.76. The Morgan fingerprint density at radius 2 is 2.07 bits per heavy atom. The highest BCUT2D eigenvalue weighted by Gasteiger charge is 2.11. The smallest absolute Gasteiger partial charge is 0.195 e. The molecule has 3 nitrogen and oxygen atoms in total. The minimum atomic E-state index is -0.201. The van der Waals surface area contributed by atoms with E-state index < -0.39 is 0 Å². The van der Waals surface area contributed by atoms with Gasteiger partial charge >= 0.3 is 0 Å². The van der Waals surface area contributed by atoms with Crippen LogP contribution in [-0.2, 0) is 0 Å². The molecular weight excluding hydrogens is 176 g/mol. The van der Waals surface area contributed by atoms with Crippen LogP contribution >= 0.6 is 0 Å². The Morgan fingerprint density at radius 3 is 2.64 bits per heavy atom. The van der Waals surface area contributed by atoms with Gasteiger partial charge in [0.05, 0.1) is 6.07 Å². The molecule has 0 aliphatic carbocycles. The maximum absolute atomic E-state index is 11.4. The number of pyridine rings is 1. The first kappa shape index (κ1) is 10.4. The van der Waals surface area contributed by atoms with E-state index in [0.717, 1.165) is 16.8 Å². The molecule has 1 heterocycles. The van der Waals surface area contributed by atoms with Crippen molar-refractivity contribution >= 4 is 5.78 Å². The highest BCUT2D eigenvalue weighted by Crippen LogP contribution is 2.12. The van der Waals surface area contributed by atoms with Gasteiger partial charge in [-0.3, -0.25) is 4.79 Å². The van der Waals surface area contributed by atoms with E-state index in [9.17, 15) is 4.79 Å². The molecule has 0 aliphatic rings. The van der Waals surface area contributed by atoms with Crippen molar-refractivity contribution in [1.82, 2.24) is 4.98 Å². The standard InChI is InChI=1S/C11H12N2O/c1-7-6-8(2)11(13-9(7)3)10(14)4-5-12/h6H,4H2,1-3H3. The van der Waals surface area contributed by atoms with Crippen LogP contribution in [0.5, 0.6) is 0 Å². The Hall–Kier alpha value is -1.69. The summed E-state index contributed by atoms with van der Waals surface area (Å²) in [6.07, 6.45) is -0.101. The van der Waals surface area contributed by atoms with E-state index in [4.69, 9.17) is 5.26 Å². The molecule has 0 saturated heterocycles. The van der Waals surface area contributed by atoms with Crippen molar-refractivity contribution in [2.75, 3.05) is 0 Å². The fourth-order valence-electron chi connectivity index (χ4n) is 1.28. The van der Waals surface area contributed by atoms with E-state index in [0.29, 0.717) is 5.69 Å². The molecule has 0 atom stereocenters. The van der Waals surface area contributed by atoms with Crippen molar-refractivity contribution in [2.24, 2.45) is 0 Å². The van der Waals surface area contributed by atoms with Crippen LogP contribution in [0.15, 0.2) is 6.07 Å². The van der Waals surface area contributed by atoms with Gasteiger partial charge in [-0.25, -0.2) is 4.98 Å². The highest BCUT2D eigenvalue weighted by molar-refractivity contribution is 5.96. The number of aryl methyl sites for hydroxylation is 3. The van der Waals surface area contributed by atoms with Crippen LogP contribution in [0.4, 0.5) is 0 Å². The number of rotatable bonds is 2. The lowest BCUT2D eigenvalue weighted by atomic mass is 10.1. The van der Waals surface area contributed by atoms with Gasteiger partial charge in [0, 0.05) is 5.69 Å². The number of hydrogen-bond donors (Lipinski definition) is 0. The van der Waals surface area contributed by atoms with Crippen molar-refractivity contribution in [3.8, 4) is 6.07 Å². The van der Waals surface area contributed by atoms with Crippen LogP contribution in [0.25, 0.3) is 0 Å². The Kier molecular flexibility index (Phi) is 2.98. The lowest BCUT2D eigenvalue weighted by Gasteiger charge is -2.05. The van der Waals surface area contributed by atoms with Crippen molar-refractivity contribution in [3.05, 3.63) is 28.6 Å². The summed E-state index contributed by atoms with van der Waals surface area (Å²) >= 11 is 0. The van der Waals surface area contributed by atoms with Gasteiger partial charge in [-0.05, 0) is 31.9 Å². The van der Waals surface area contributed by atoms with Crippen LogP contribution < -0.4 is 0 Å². The maximum Gasteiger partial charge on any atom is 0.195 e. The van der Waals surface area contributed by atoms with E-state index in [1.54, 1.807) is 0 Å². The molecule has 0 aromatic carbocycles. The fraction of sp³-hybridized carbons (Fsp3) is 0.364. The second-order valence-corrected chi connectivity index (χ2v) is 3.31. The number of ketones is 1. The van der Waals surface area contributed by atoms with E-state index in [-0.39, 0.29) is 12.2 Å². The van der Waals surface area contributed by atoms with Gasteiger partial charge in [0.1, 0.15) is 12.1 Å². The number of nitriles is 1. The summed E-state index contributed by atoms with van der Waals surface area (Å²) in [5, 5.41) is 8.41. The Balaban J connectivity index is 3.17. The van der Waals surface area contributed by atoms with Crippen LogP contribution in [0.2, 0.25) is 0 Å². The fourth-order valence-corrected chi connectivity index (χ4v) is 1.28. The molecule has 0 aliphatic heterocycles. The lowest BCUT2D eigenvalue weighted by molar-refractivity contribution is 0.0992. The van der Waals surface area contributed by atoms with Gasteiger partial charge in [-0.1, -0.05) is 6.07 Å². The van der Waals surface area contributed by atoms with E-state index in [2.05, 4.69) is 4.98 Å². The minimum Gasteiger partial charge on any atom is -0.291 e. The molecule has 72 valence electrons. The average molecular weight is 188 g/mol. The zero-order valence-electron chi connectivity index (χ0n) is 8.59. The van der Waals surface area contributed by atoms with Crippen molar-refractivity contribution in [1.29, 1.82) is 5.26 Å². The molecule has 3 heteroatoms. The molecule has 1 rings (SSSR count). The Bertz CT molecular complexity index is 416. The number of carbonyl (C=O) groups is 1. The lowest BCUT2D eigenvalue weighted by Crippen LogP contribution is -2.06. The molecule has 0 spiro atoms. The predicted molar refractivity (Wildman–Crippen MR) is 53.0 cm³/mol. The molecule has 0 fully saturated rings. The van der Waals surface area contributed by atoms with Crippen molar-refractivity contribution < 1.29 is 4.79 Å². The zero-order chi connectivity index (χ0) is 10.7. The monoisotopic (exact) mass is 188 g/mol. The number of aromatic nitrogens is 1. The molecule has 0 radical (unpaired) electrons. The molecular formula is C11H12N2O. The SMILES string of the molecule is Cc1cc(C)c(C(=O)CC#N)nc1C. The van der Waals surface area contributed by atoms with Crippen LogP contribution in [0.3, 0.4) is 0 Å². The number of nitrogens with zero attached hydrogens (tertiary/aromatic N) is 2. The second-order valence-electron chi connectivity index (χ2n) is 3.31. The summed E-state index contributed by atoms with van der Waals surface area (Å²) in [7, 11) is 0. The Labute approximate surface area is 83.4 Å². The summed E-state index contributed by atoms with van der Waals surface area (Å²) < 4.78 is 0. The van der Waals surface area contributed by atoms with Crippen molar-refractivity contribution in [2.45, 2.75) is 27.2 Å². The summed E-state index contributed by atoms with van der Waals surface area (Å²) in [4.78, 5) is 15.6. The number of carbonyl (C=O) groups excluding carboxylic acids is 1. The molecule has 0 saturated carbocycles. The summed E-state index contributed by atoms with van der Waals surface area (Å²) in [6.45, 7) is 5.65. The first-order valence-corrected chi connectivity index (χ1v) is 4.41. The van der Waals surface area contributed by atoms with E-state index in [1.807, 2.05) is 32.9 Å². The third-order valence-corrected chi connectivity index (χ3v) is 2.16. The molecule has 0 bridgehead atoms. The third-order valence-electron chi connectivity index (χ3n) is 2.16. The number of hydrogen-bond acceptors (Lipinski definition) is 3. The molecule has 0 N–H and O–H groups in total. The largest absolute Gasteiger partial charge is 0.291 e. The maximum atomic E-state index is 11.4. The van der Waals surface area contributed by atoms with Crippen molar-refractivity contribution in [3.63, 3.8) is 0 Å². The van der Waals surface area contributed by atoms with E-state index in [1.165, 1.54) is 0 Å². The van der Waals surface area contributed by atoms with Gasteiger partial charge in [0.2, 0.25) is 0 Å². The van der Waals surface area contributed by atoms with Gasteiger partial charge in [-0.15, -0.1) is 0 Å². The van der Waals surface area contributed by atoms with Gasteiger partial charge in [0.25, 0.3) is 0 Å². The highest BCUT2D eigenvalue weighted by atomic mass is 16.1. The first-order chi connectivity index (χ1) is 6.56. The van der Waals surface area contributed by atoms with Gasteiger partial charge < -0.3 is 0 Å². The molecule has 1 aromatic heterocycles. The summed E-state index contributed by atoms with van der Waals surface area (Å²) in [5.74, 6) is -0.201. The summed E-state index contributed by atoms with van der Waals surface area (Å²) in [5.41, 5.74) is 3.18.